The average Bonchev–Trinajstić information content (AvgIpc) is 3.07. The lowest BCUT2D eigenvalue weighted by molar-refractivity contribution is -0.128. The standard InChI is InChI=1S/C22H30FN5O4/c1-22(2,3)19(21(31)25-11-17(24)29)26-20(30)18-15-10-14(23)4-5-16(15)28(27-18)12-13-6-8-32-9-7-13/h4-5,10,13,19H,6-9,11-12H2,1-3H3,(H2,24,29)(H,25,31)(H,26,30). The predicted octanol–water partition coefficient (Wildman–Crippen LogP) is 1.35. The van der Waals surface area contributed by atoms with E-state index in [2.05, 4.69) is 15.7 Å². The van der Waals surface area contributed by atoms with E-state index in [-0.39, 0.29) is 12.2 Å². The van der Waals surface area contributed by atoms with Crippen LogP contribution in [0.5, 0.6) is 0 Å². The number of hydrogen-bond donors (Lipinski definition) is 3. The minimum atomic E-state index is -0.960. The van der Waals surface area contributed by atoms with Crippen molar-refractivity contribution in [2.45, 2.75) is 46.2 Å². The molecule has 9 nitrogen and oxygen atoms in total. The number of halogens is 1. The summed E-state index contributed by atoms with van der Waals surface area (Å²) in [7, 11) is 0. The van der Waals surface area contributed by atoms with Crippen molar-refractivity contribution in [2.24, 2.45) is 17.1 Å². The second-order valence-electron chi connectivity index (χ2n) is 9.20. The number of primary amides is 1. The van der Waals surface area contributed by atoms with E-state index in [1.807, 2.05) is 0 Å². The molecule has 174 valence electrons. The van der Waals surface area contributed by atoms with Crippen molar-refractivity contribution in [2.75, 3.05) is 19.8 Å². The van der Waals surface area contributed by atoms with Gasteiger partial charge in [-0.2, -0.15) is 5.10 Å². The van der Waals surface area contributed by atoms with Gasteiger partial charge in [0.25, 0.3) is 5.91 Å². The molecule has 0 saturated carbocycles. The topological polar surface area (TPSA) is 128 Å². The Kier molecular flexibility index (Phi) is 7.12. The molecular weight excluding hydrogens is 417 g/mol. The SMILES string of the molecule is CC(C)(C)C(NC(=O)c1nn(CC2CCOCC2)c2ccc(F)cc12)C(=O)NCC(N)=O. The number of fused-ring (bicyclic) bond motifs is 1. The van der Waals surface area contributed by atoms with Gasteiger partial charge in [0.2, 0.25) is 11.8 Å². The van der Waals surface area contributed by atoms with Gasteiger partial charge in [0.05, 0.1) is 12.1 Å². The minimum Gasteiger partial charge on any atom is -0.381 e. The second-order valence-corrected chi connectivity index (χ2v) is 9.20. The maximum absolute atomic E-state index is 14.0. The van der Waals surface area contributed by atoms with Crippen LogP contribution in [-0.2, 0) is 20.9 Å². The van der Waals surface area contributed by atoms with Crippen LogP contribution in [0, 0.1) is 17.2 Å². The average molecular weight is 448 g/mol. The van der Waals surface area contributed by atoms with Gasteiger partial charge in [-0.3, -0.25) is 19.1 Å². The molecule has 1 aliphatic heterocycles. The molecule has 2 heterocycles. The molecular formula is C22H30FN5O4. The van der Waals surface area contributed by atoms with E-state index >= 15 is 0 Å². The molecule has 0 aliphatic carbocycles. The Morgan fingerprint density at radius 2 is 1.97 bits per heavy atom. The third-order valence-electron chi connectivity index (χ3n) is 5.54. The second kappa shape index (κ2) is 9.64. The molecule has 1 aliphatic rings. The van der Waals surface area contributed by atoms with Crippen LogP contribution in [0.2, 0.25) is 0 Å². The van der Waals surface area contributed by atoms with Crippen LogP contribution in [0.4, 0.5) is 4.39 Å². The van der Waals surface area contributed by atoms with Gasteiger partial charge in [-0.25, -0.2) is 4.39 Å². The van der Waals surface area contributed by atoms with Crippen molar-refractivity contribution >= 4 is 28.6 Å². The molecule has 1 atom stereocenters. The highest BCUT2D eigenvalue weighted by atomic mass is 19.1. The number of benzene rings is 1. The summed E-state index contributed by atoms with van der Waals surface area (Å²) >= 11 is 0. The largest absolute Gasteiger partial charge is 0.381 e. The quantitative estimate of drug-likeness (QED) is 0.590. The first kappa shape index (κ1) is 23.6. The lowest BCUT2D eigenvalue weighted by atomic mass is 9.86. The van der Waals surface area contributed by atoms with Gasteiger partial charge in [0, 0.05) is 25.1 Å². The molecule has 2 aromatic rings. The third-order valence-corrected chi connectivity index (χ3v) is 5.54. The number of hydrogen-bond acceptors (Lipinski definition) is 5. The third kappa shape index (κ3) is 5.61. The molecule has 32 heavy (non-hydrogen) atoms. The number of amides is 3. The maximum Gasteiger partial charge on any atom is 0.273 e. The first-order valence-electron chi connectivity index (χ1n) is 10.7. The molecule has 10 heteroatoms. The number of rotatable bonds is 7. The summed E-state index contributed by atoms with van der Waals surface area (Å²) in [6.45, 7) is 6.95. The molecule has 0 spiro atoms. The zero-order valence-electron chi connectivity index (χ0n) is 18.6. The molecule has 3 rings (SSSR count). The molecule has 3 amide bonds. The molecule has 0 bridgehead atoms. The van der Waals surface area contributed by atoms with Crippen molar-refractivity contribution in [1.29, 1.82) is 0 Å². The predicted molar refractivity (Wildman–Crippen MR) is 116 cm³/mol. The zero-order valence-corrected chi connectivity index (χ0v) is 18.6. The van der Waals surface area contributed by atoms with Gasteiger partial charge in [-0.15, -0.1) is 0 Å². The van der Waals surface area contributed by atoms with Crippen LogP contribution in [-0.4, -0.2) is 53.3 Å². The van der Waals surface area contributed by atoms with E-state index in [9.17, 15) is 18.8 Å². The Morgan fingerprint density at radius 1 is 1.28 bits per heavy atom. The lowest BCUT2D eigenvalue weighted by Crippen LogP contribution is -2.54. The molecule has 0 radical (unpaired) electrons. The maximum atomic E-state index is 14.0. The number of nitrogens with two attached hydrogens (primary N) is 1. The number of nitrogens with one attached hydrogen (secondary N) is 2. The monoisotopic (exact) mass is 447 g/mol. The molecule has 4 N–H and O–H groups in total. The van der Waals surface area contributed by atoms with Crippen LogP contribution in [0.1, 0.15) is 44.1 Å². The highest BCUT2D eigenvalue weighted by Crippen LogP contribution is 2.25. The first-order valence-corrected chi connectivity index (χ1v) is 10.7. The smallest absolute Gasteiger partial charge is 0.273 e. The van der Waals surface area contributed by atoms with Gasteiger partial charge in [0.15, 0.2) is 5.69 Å². The number of carbonyl (C=O) groups excluding carboxylic acids is 3. The van der Waals surface area contributed by atoms with E-state index in [0.717, 1.165) is 12.8 Å². The van der Waals surface area contributed by atoms with Crippen molar-refractivity contribution in [3.63, 3.8) is 0 Å². The number of carbonyl (C=O) groups is 3. The fourth-order valence-corrected chi connectivity index (χ4v) is 3.78. The van der Waals surface area contributed by atoms with Gasteiger partial charge in [-0.1, -0.05) is 20.8 Å². The number of ether oxygens (including phenoxy) is 1. The van der Waals surface area contributed by atoms with Gasteiger partial charge in [0.1, 0.15) is 11.9 Å². The van der Waals surface area contributed by atoms with Gasteiger partial charge >= 0.3 is 0 Å². The molecule has 1 unspecified atom stereocenters. The molecule has 1 saturated heterocycles. The van der Waals surface area contributed by atoms with Crippen LogP contribution >= 0.6 is 0 Å². The fraction of sp³-hybridized carbons (Fsp3) is 0.545. The Hall–Kier alpha value is -3.01. The fourth-order valence-electron chi connectivity index (χ4n) is 3.78. The summed E-state index contributed by atoms with van der Waals surface area (Å²) in [4.78, 5) is 36.8. The Bertz CT molecular complexity index is 1010. The van der Waals surface area contributed by atoms with E-state index in [4.69, 9.17) is 10.5 Å². The highest BCUT2D eigenvalue weighted by molar-refractivity contribution is 6.06. The Balaban J connectivity index is 1.89. The summed E-state index contributed by atoms with van der Waals surface area (Å²) < 4.78 is 21.1. The summed E-state index contributed by atoms with van der Waals surface area (Å²) in [5, 5.41) is 9.99. The summed E-state index contributed by atoms with van der Waals surface area (Å²) in [5.74, 6) is -1.97. The Labute approximate surface area is 185 Å². The van der Waals surface area contributed by atoms with Gasteiger partial charge in [-0.05, 0) is 42.4 Å². The van der Waals surface area contributed by atoms with Crippen LogP contribution in [0.15, 0.2) is 18.2 Å². The van der Waals surface area contributed by atoms with E-state index in [1.165, 1.54) is 12.1 Å². The molecule has 1 fully saturated rings. The number of aromatic nitrogens is 2. The van der Waals surface area contributed by atoms with E-state index in [1.54, 1.807) is 31.5 Å². The first-order chi connectivity index (χ1) is 15.1. The van der Waals surface area contributed by atoms with E-state index in [0.29, 0.717) is 36.6 Å². The van der Waals surface area contributed by atoms with Crippen LogP contribution in [0.3, 0.4) is 0 Å². The lowest BCUT2D eigenvalue weighted by Gasteiger charge is -2.30. The van der Waals surface area contributed by atoms with Crippen molar-refractivity contribution < 1.29 is 23.5 Å². The normalized spacial score (nSPS) is 16.0. The zero-order chi connectivity index (χ0) is 23.5. The summed E-state index contributed by atoms with van der Waals surface area (Å²) in [5.41, 5.74) is 5.13. The van der Waals surface area contributed by atoms with E-state index < -0.39 is 35.0 Å². The van der Waals surface area contributed by atoms with Crippen molar-refractivity contribution in [3.05, 3.63) is 29.7 Å². The molecule has 1 aromatic heterocycles. The van der Waals surface area contributed by atoms with Crippen LogP contribution < -0.4 is 16.4 Å². The van der Waals surface area contributed by atoms with Gasteiger partial charge < -0.3 is 21.1 Å². The molecule has 1 aromatic carbocycles. The number of nitrogens with zero attached hydrogens (tertiary/aromatic N) is 2. The van der Waals surface area contributed by atoms with Crippen molar-refractivity contribution in [3.8, 4) is 0 Å². The van der Waals surface area contributed by atoms with Crippen LogP contribution in [0.25, 0.3) is 10.9 Å². The highest BCUT2D eigenvalue weighted by Gasteiger charge is 2.34. The van der Waals surface area contributed by atoms with Crippen molar-refractivity contribution in [1.82, 2.24) is 20.4 Å². The minimum absolute atomic E-state index is 0.0449. The Morgan fingerprint density at radius 3 is 2.59 bits per heavy atom. The summed E-state index contributed by atoms with van der Waals surface area (Å²) in [6, 6.07) is 3.26. The summed E-state index contributed by atoms with van der Waals surface area (Å²) in [6.07, 6.45) is 1.77.